The Labute approximate surface area is 124 Å². The second-order valence-corrected chi connectivity index (χ2v) is 4.86. The van der Waals surface area contributed by atoms with Gasteiger partial charge in [-0.2, -0.15) is 5.10 Å². The van der Waals surface area contributed by atoms with Gasteiger partial charge in [-0.1, -0.05) is 42.5 Å². The highest BCUT2D eigenvalue weighted by Gasteiger charge is 1.97. The molecule has 0 spiro atoms. The van der Waals surface area contributed by atoms with E-state index in [9.17, 15) is 0 Å². The van der Waals surface area contributed by atoms with Crippen molar-refractivity contribution in [3.05, 3.63) is 84.2 Å². The van der Waals surface area contributed by atoms with Crippen molar-refractivity contribution in [3.8, 4) is 0 Å². The van der Waals surface area contributed by atoms with Gasteiger partial charge in [0.2, 0.25) is 0 Å². The minimum atomic E-state index is 0.775. The molecule has 0 saturated carbocycles. The van der Waals surface area contributed by atoms with E-state index < -0.39 is 0 Å². The molecule has 0 aliphatic heterocycles. The van der Waals surface area contributed by atoms with Crippen LogP contribution in [0.3, 0.4) is 0 Å². The highest BCUT2D eigenvalue weighted by Crippen LogP contribution is 2.07. The standard InChI is InChI=1S/C17H18N4/c1-2-5-17(6-3-1)20-18-13-15-7-9-16(10-8-15)14-21-12-4-11-19-21/h1-12,18,20H,13-14H2. The normalized spacial score (nSPS) is 10.5. The first kappa shape index (κ1) is 13.4. The largest absolute Gasteiger partial charge is 0.321 e. The van der Waals surface area contributed by atoms with Crippen molar-refractivity contribution in [1.29, 1.82) is 0 Å². The van der Waals surface area contributed by atoms with Crippen LogP contribution in [0, 0.1) is 0 Å². The Morgan fingerprint density at radius 1 is 0.857 bits per heavy atom. The van der Waals surface area contributed by atoms with Gasteiger partial charge in [0.25, 0.3) is 0 Å². The molecule has 0 fully saturated rings. The zero-order valence-electron chi connectivity index (χ0n) is 11.7. The number of nitrogens with zero attached hydrogens (tertiary/aromatic N) is 2. The van der Waals surface area contributed by atoms with Crippen LogP contribution in [0.4, 0.5) is 5.69 Å². The molecule has 3 rings (SSSR count). The Hall–Kier alpha value is -2.59. The maximum absolute atomic E-state index is 4.21. The summed E-state index contributed by atoms with van der Waals surface area (Å²) in [5.74, 6) is 0. The van der Waals surface area contributed by atoms with Crippen molar-refractivity contribution in [2.45, 2.75) is 13.1 Å². The van der Waals surface area contributed by atoms with E-state index in [1.807, 2.05) is 47.3 Å². The van der Waals surface area contributed by atoms with Crippen LogP contribution in [-0.2, 0) is 13.1 Å². The molecule has 4 nitrogen and oxygen atoms in total. The molecule has 2 aromatic carbocycles. The molecule has 21 heavy (non-hydrogen) atoms. The Morgan fingerprint density at radius 3 is 2.33 bits per heavy atom. The molecule has 0 saturated heterocycles. The van der Waals surface area contributed by atoms with E-state index in [0.29, 0.717) is 0 Å². The molecule has 2 N–H and O–H groups in total. The lowest BCUT2D eigenvalue weighted by molar-refractivity contribution is 0.686. The summed E-state index contributed by atoms with van der Waals surface area (Å²) in [6.07, 6.45) is 3.77. The monoisotopic (exact) mass is 278 g/mol. The number of aromatic nitrogens is 2. The second kappa shape index (κ2) is 6.72. The van der Waals surface area contributed by atoms with Crippen LogP contribution in [0.1, 0.15) is 11.1 Å². The average molecular weight is 278 g/mol. The minimum absolute atomic E-state index is 0.775. The van der Waals surface area contributed by atoms with Gasteiger partial charge in [-0.25, -0.2) is 5.43 Å². The second-order valence-electron chi connectivity index (χ2n) is 4.86. The number of rotatable bonds is 6. The van der Waals surface area contributed by atoms with E-state index in [1.54, 1.807) is 6.20 Å². The van der Waals surface area contributed by atoms with E-state index in [4.69, 9.17) is 0 Å². The number of anilines is 1. The molecule has 1 heterocycles. The van der Waals surface area contributed by atoms with E-state index in [2.05, 4.69) is 40.2 Å². The van der Waals surface area contributed by atoms with Crippen LogP contribution in [0.25, 0.3) is 0 Å². The molecule has 0 bridgehead atoms. The van der Waals surface area contributed by atoms with Crippen molar-refractivity contribution in [1.82, 2.24) is 15.2 Å². The first-order valence-corrected chi connectivity index (χ1v) is 6.99. The third-order valence-electron chi connectivity index (χ3n) is 3.23. The van der Waals surface area contributed by atoms with E-state index in [1.165, 1.54) is 11.1 Å². The first-order valence-electron chi connectivity index (χ1n) is 6.99. The highest BCUT2D eigenvalue weighted by atomic mass is 15.3. The van der Waals surface area contributed by atoms with Gasteiger partial charge in [0, 0.05) is 24.6 Å². The average Bonchev–Trinajstić information content (AvgIpc) is 3.03. The number of para-hydroxylation sites is 1. The predicted octanol–water partition coefficient (Wildman–Crippen LogP) is 3.05. The van der Waals surface area contributed by atoms with Crippen LogP contribution in [0.15, 0.2) is 73.1 Å². The third kappa shape index (κ3) is 3.94. The number of hydrogen-bond donors (Lipinski definition) is 2. The van der Waals surface area contributed by atoms with Crippen LogP contribution in [0.5, 0.6) is 0 Å². The van der Waals surface area contributed by atoms with Crippen molar-refractivity contribution in [2.24, 2.45) is 0 Å². The van der Waals surface area contributed by atoms with Crippen molar-refractivity contribution in [3.63, 3.8) is 0 Å². The molecule has 4 heteroatoms. The van der Waals surface area contributed by atoms with Gasteiger partial charge in [-0.3, -0.25) is 4.68 Å². The van der Waals surface area contributed by atoms with E-state index in [-0.39, 0.29) is 0 Å². The number of benzene rings is 2. The summed E-state index contributed by atoms with van der Waals surface area (Å²) in [7, 11) is 0. The van der Waals surface area contributed by atoms with Gasteiger partial charge in [0.15, 0.2) is 0 Å². The Balaban J connectivity index is 1.50. The molecular weight excluding hydrogens is 260 g/mol. The van der Waals surface area contributed by atoms with Gasteiger partial charge in [0.1, 0.15) is 0 Å². The smallest absolute Gasteiger partial charge is 0.0659 e. The Kier molecular flexibility index (Phi) is 4.29. The first-order chi connectivity index (χ1) is 10.4. The minimum Gasteiger partial charge on any atom is -0.321 e. The predicted molar refractivity (Wildman–Crippen MR) is 84.7 cm³/mol. The zero-order chi connectivity index (χ0) is 14.3. The van der Waals surface area contributed by atoms with Gasteiger partial charge in [-0.15, -0.1) is 0 Å². The zero-order valence-corrected chi connectivity index (χ0v) is 11.7. The van der Waals surface area contributed by atoms with Crippen LogP contribution < -0.4 is 10.9 Å². The number of hydrazine groups is 1. The summed E-state index contributed by atoms with van der Waals surface area (Å²) >= 11 is 0. The Bertz CT molecular complexity index is 645. The summed E-state index contributed by atoms with van der Waals surface area (Å²) in [6.45, 7) is 1.58. The third-order valence-corrected chi connectivity index (χ3v) is 3.23. The fraction of sp³-hybridized carbons (Fsp3) is 0.118. The van der Waals surface area contributed by atoms with Crippen LogP contribution in [-0.4, -0.2) is 9.78 Å². The molecular formula is C17H18N4. The van der Waals surface area contributed by atoms with Gasteiger partial charge in [-0.05, 0) is 29.3 Å². The van der Waals surface area contributed by atoms with Crippen molar-refractivity contribution < 1.29 is 0 Å². The molecule has 0 aliphatic carbocycles. The molecule has 0 unspecified atom stereocenters. The van der Waals surface area contributed by atoms with Crippen LogP contribution in [0.2, 0.25) is 0 Å². The fourth-order valence-corrected chi connectivity index (χ4v) is 2.11. The molecule has 0 atom stereocenters. The number of hydrogen-bond acceptors (Lipinski definition) is 3. The fourth-order valence-electron chi connectivity index (χ4n) is 2.11. The van der Waals surface area contributed by atoms with Crippen molar-refractivity contribution in [2.75, 3.05) is 5.43 Å². The summed E-state index contributed by atoms with van der Waals surface area (Å²) in [5.41, 5.74) is 9.95. The van der Waals surface area contributed by atoms with Gasteiger partial charge >= 0.3 is 0 Å². The van der Waals surface area contributed by atoms with E-state index in [0.717, 1.165) is 18.8 Å². The van der Waals surface area contributed by atoms with Gasteiger partial charge < -0.3 is 5.43 Å². The Morgan fingerprint density at radius 2 is 1.62 bits per heavy atom. The lowest BCUT2D eigenvalue weighted by Crippen LogP contribution is -2.20. The van der Waals surface area contributed by atoms with Crippen LogP contribution >= 0.6 is 0 Å². The number of nitrogens with one attached hydrogen (secondary N) is 2. The topological polar surface area (TPSA) is 41.9 Å². The molecule has 0 radical (unpaired) electrons. The molecule has 3 aromatic rings. The summed E-state index contributed by atoms with van der Waals surface area (Å²) in [5, 5.41) is 4.21. The van der Waals surface area contributed by atoms with Gasteiger partial charge in [0.05, 0.1) is 6.54 Å². The summed E-state index contributed by atoms with van der Waals surface area (Å²) in [6, 6.07) is 20.6. The maximum Gasteiger partial charge on any atom is 0.0659 e. The molecule has 106 valence electrons. The SMILES string of the molecule is c1ccc(NNCc2ccc(Cn3cccn3)cc2)cc1. The molecule has 0 amide bonds. The quantitative estimate of drug-likeness (QED) is 0.681. The van der Waals surface area contributed by atoms with E-state index >= 15 is 0 Å². The van der Waals surface area contributed by atoms with Crippen molar-refractivity contribution >= 4 is 5.69 Å². The maximum atomic E-state index is 4.21. The highest BCUT2D eigenvalue weighted by molar-refractivity contribution is 5.41. The lowest BCUT2D eigenvalue weighted by Gasteiger charge is -2.09. The summed E-state index contributed by atoms with van der Waals surface area (Å²) in [4.78, 5) is 0. The molecule has 1 aromatic heterocycles. The molecule has 0 aliphatic rings. The summed E-state index contributed by atoms with van der Waals surface area (Å²) < 4.78 is 1.92. The lowest BCUT2D eigenvalue weighted by atomic mass is 10.1.